The highest BCUT2D eigenvalue weighted by molar-refractivity contribution is 7.88. The number of benzene rings is 1. The van der Waals surface area contributed by atoms with Crippen LogP contribution in [0.4, 0.5) is 5.69 Å². The molecule has 1 aromatic carbocycles. The third kappa shape index (κ3) is 4.89. The van der Waals surface area contributed by atoms with Crippen molar-refractivity contribution in [2.45, 2.75) is 0 Å². The number of carbonyl (C=O) groups excluding carboxylic acids is 1. The highest BCUT2D eigenvalue weighted by Crippen LogP contribution is 2.14. The fourth-order valence-corrected chi connectivity index (χ4v) is 3.41. The topological polar surface area (TPSA) is 60.9 Å². The number of para-hydroxylation sites is 1. The van der Waals surface area contributed by atoms with Crippen molar-refractivity contribution >= 4 is 21.6 Å². The van der Waals surface area contributed by atoms with Gasteiger partial charge in [-0.05, 0) is 12.1 Å². The van der Waals surface area contributed by atoms with Gasteiger partial charge in [0.1, 0.15) is 0 Å². The number of hydrogen-bond donors (Lipinski definition) is 0. The zero-order chi connectivity index (χ0) is 16.9. The Balaban J connectivity index is 1.96. The molecule has 0 aromatic heterocycles. The van der Waals surface area contributed by atoms with Gasteiger partial charge in [0, 0.05) is 38.4 Å². The van der Waals surface area contributed by atoms with Crippen LogP contribution in [0.3, 0.4) is 0 Å². The standard InChI is InChI=1S/C16H23N3O3S/c1-3-9-19(15-7-5-4-6-8-15)16(20)14-17-10-12-18(13-11-17)23(2,21)22/h3-8H,1,9-14H2,2H3. The van der Waals surface area contributed by atoms with Gasteiger partial charge in [0.05, 0.1) is 12.8 Å². The molecule has 1 aliphatic rings. The molecule has 0 N–H and O–H groups in total. The van der Waals surface area contributed by atoms with E-state index in [1.165, 1.54) is 10.6 Å². The van der Waals surface area contributed by atoms with E-state index < -0.39 is 10.0 Å². The molecular formula is C16H23N3O3S. The van der Waals surface area contributed by atoms with E-state index in [9.17, 15) is 13.2 Å². The third-order valence-electron chi connectivity index (χ3n) is 3.84. The van der Waals surface area contributed by atoms with Crippen molar-refractivity contribution in [3.05, 3.63) is 43.0 Å². The zero-order valence-corrected chi connectivity index (χ0v) is 14.2. The summed E-state index contributed by atoms with van der Waals surface area (Å²) in [5.74, 6) is -0.0103. The first-order chi connectivity index (χ1) is 10.9. The molecule has 0 unspecified atom stereocenters. The maximum absolute atomic E-state index is 12.6. The lowest BCUT2D eigenvalue weighted by Crippen LogP contribution is -2.51. The van der Waals surface area contributed by atoms with E-state index in [1.807, 2.05) is 35.2 Å². The summed E-state index contributed by atoms with van der Waals surface area (Å²) in [6.07, 6.45) is 2.92. The Labute approximate surface area is 138 Å². The van der Waals surface area contributed by atoms with E-state index >= 15 is 0 Å². The van der Waals surface area contributed by atoms with Crippen molar-refractivity contribution < 1.29 is 13.2 Å². The SMILES string of the molecule is C=CCN(C(=O)CN1CCN(S(C)(=O)=O)CC1)c1ccccc1. The van der Waals surface area contributed by atoms with E-state index in [0.717, 1.165) is 5.69 Å². The van der Waals surface area contributed by atoms with Crippen LogP contribution >= 0.6 is 0 Å². The molecule has 0 aliphatic carbocycles. The van der Waals surface area contributed by atoms with Gasteiger partial charge in [-0.25, -0.2) is 8.42 Å². The summed E-state index contributed by atoms with van der Waals surface area (Å²) >= 11 is 0. The molecule has 1 fully saturated rings. The van der Waals surface area contributed by atoms with Crippen LogP contribution in [0.25, 0.3) is 0 Å². The van der Waals surface area contributed by atoms with Crippen molar-refractivity contribution in [3.63, 3.8) is 0 Å². The Hall–Kier alpha value is -1.70. The van der Waals surface area contributed by atoms with Crippen LogP contribution in [0.15, 0.2) is 43.0 Å². The Kier molecular flexibility index (Phi) is 5.92. The number of rotatable bonds is 6. The molecule has 1 aromatic rings. The molecule has 1 heterocycles. The zero-order valence-electron chi connectivity index (χ0n) is 13.4. The molecule has 6 nitrogen and oxygen atoms in total. The minimum atomic E-state index is -3.15. The minimum Gasteiger partial charge on any atom is -0.308 e. The maximum atomic E-state index is 12.6. The second-order valence-electron chi connectivity index (χ2n) is 5.57. The van der Waals surface area contributed by atoms with Crippen molar-refractivity contribution in [3.8, 4) is 0 Å². The van der Waals surface area contributed by atoms with Gasteiger partial charge in [0.25, 0.3) is 0 Å². The summed E-state index contributed by atoms with van der Waals surface area (Å²) in [6, 6.07) is 9.48. The van der Waals surface area contributed by atoms with Crippen molar-refractivity contribution in [2.75, 3.05) is 50.4 Å². The molecule has 0 saturated carbocycles. The summed E-state index contributed by atoms with van der Waals surface area (Å²) in [4.78, 5) is 16.3. The molecule has 0 spiro atoms. The van der Waals surface area contributed by atoms with Gasteiger partial charge >= 0.3 is 0 Å². The lowest BCUT2D eigenvalue weighted by atomic mass is 10.2. The summed E-state index contributed by atoms with van der Waals surface area (Å²) in [7, 11) is -3.15. The molecule has 0 atom stereocenters. The summed E-state index contributed by atoms with van der Waals surface area (Å²) in [5, 5.41) is 0. The molecule has 126 valence electrons. The van der Waals surface area contributed by atoms with Gasteiger partial charge in [-0.3, -0.25) is 9.69 Å². The average Bonchev–Trinajstić information content (AvgIpc) is 2.53. The number of amides is 1. The van der Waals surface area contributed by atoms with Crippen LogP contribution in [0.1, 0.15) is 0 Å². The highest BCUT2D eigenvalue weighted by atomic mass is 32.2. The third-order valence-corrected chi connectivity index (χ3v) is 5.14. The van der Waals surface area contributed by atoms with E-state index in [0.29, 0.717) is 32.7 Å². The molecule has 1 saturated heterocycles. The predicted octanol–water partition coefficient (Wildman–Crippen LogP) is 0.783. The van der Waals surface area contributed by atoms with E-state index in [-0.39, 0.29) is 12.5 Å². The highest BCUT2D eigenvalue weighted by Gasteiger charge is 2.25. The van der Waals surface area contributed by atoms with E-state index in [2.05, 4.69) is 6.58 Å². The first-order valence-electron chi connectivity index (χ1n) is 7.55. The number of sulfonamides is 1. The Morgan fingerprint density at radius 2 is 1.83 bits per heavy atom. The van der Waals surface area contributed by atoms with Crippen LogP contribution in [0.5, 0.6) is 0 Å². The van der Waals surface area contributed by atoms with Gasteiger partial charge in [-0.1, -0.05) is 24.3 Å². The molecule has 1 amide bonds. The number of anilines is 1. The van der Waals surface area contributed by atoms with Crippen LogP contribution in [-0.2, 0) is 14.8 Å². The van der Waals surface area contributed by atoms with Crippen molar-refractivity contribution in [2.24, 2.45) is 0 Å². The Morgan fingerprint density at radius 1 is 1.22 bits per heavy atom. The Morgan fingerprint density at radius 3 is 2.35 bits per heavy atom. The molecule has 0 bridgehead atoms. The smallest absolute Gasteiger partial charge is 0.241 e. The first kappa shape index (κ1) is 17.7. The van der Waals surface area contributed by atoms with Gasteiger partial charge in [-0.2, -0.15) is 4.31 Å². The van der Waals surface area contributed by atoms with Crippen molar-refractivity contribution in [1.29, 1.82) is 0 Å². The van der Waals surface area contributed by atoms with Crippen LogP contribution < -0.4 is 4.90 Å². The number of carbonyl (C=O) groups is 1. The molecular weight excluding hydrogens is 314 g/mol. The fourth-order valence-electron chi connectivity index (χ4n) is 2.58. The largest absolute Gasteiger partial charge is 0.308 e. The maximum Gasteiger partial charge on any atom is 0.241 e. The lowest BCUT2D eigenvalue weighted by Gasteiger charge is -2.34. The predicted molar refractivity (Wildman–Crippen MR) is 91.8 cm³/mol. The van der Waals surface area contributed by atoms with E-state index in [4.69, 9.17) is 0 Å². The summed E-state index contributed by atoms with van der Waals surface area (Å²) < 4.78 is 24.5. The Bertz CT molecular complexity index is 638. The fraction of sp³-hybridized carbons (Fsp3) is 0.438. The molecule has 1 aliphatic heterocycles. The molecule has 2 rings (SSSR count). The van der Waals surface area contributed by atoms with Crippen molar-refractivity contribution in [1.82, 2.24) is 9.21 Å². The molecule has 23 heavy (non-hydrogen) atoms. The minimum absolute atomic E-state index is 0.0103. The first-order valence-corrected chi connectivity index (χ1v) is 9.40. The van der Waals surface area contributed by atoms with Gasteiger partial charge < -0.3 is 4.90 Å². The average molecular weight is 337 g/mol. The van der Waals surface area contributed by atoms with Gasteiger partial charge in [-0.15, -0.1) is 6.58 Å². The lowest BCUT2D eigenvalue weighted by molar-refractivity contribution is -0.119. The summed E-state index contributed by atoms with van der Waals surface area (Å²) in [5.41, 5.74) is 0.840. The second-order valence-corrected chi connectivity index (χ2v) is 7.55. The van der Waals surface area contributed by atoms with Gasteiger partial charge in [0.15, 0.2) is 0 Å². The molecule has 0 radical (unpaired) electrons. The quantitative estimate of drug-likeness (QED) is 0.720. The summed E-state index contributed by atoms with van der Waals surface area (Å²) in [6.45, 7) is 6.43. The van der Waals surface area contributed by atoms with Crippen LogP contribution in [-0.4, -0.2) is 69.1 Å². The monoisotopic (exact) mass is 337 g/mol. The van der Waals surface area contributed by atoms with Crippen LogP contribution in [0, 0.1) is 0 Å². The van der Waals surface area contributed by atoms with Gasteiger partial charge in [0.2, 0.25) is 15.9 Å². The normalized spacial score (nSPS) is 16.9. The van der Waals surface area contributed by atoms with E-state index in [1.54, 1.807) is 11.0 Å². The number of nitrogens with zero attached hydrogens (tertiary/aromatic N) is 3. The molecule has 7 heteroatoms. The second kappa shape index (κ2) is 7.72. The van der Waals surface area contributed by atoms with Crippen LogP contribution in [0.2, 0.25) is 0 Å². The number of hydrogen-bond acceptors (Lipinski definition) is 4. The number of piperazine rings is 1.